The maximum atomic E-state index is 12.1. The fourth-order valence-electron chi connectivity index (χ4n) is 2.61. The number of aryl methyl sites for hydroxylation is 1. The first kappa shape index (κ1) is 15.3. The number of hydrogen-bond acceptors (Lipinski definition) is 4. The highest BCUT2D eigenvalue weighted by Gasteiger charge is 2.39. The van der Waals surface area contributed by atoms with Gasteiger partial charge < -0.3 is 16.8 Å². The molecule has 1 aliphatic rings. The van der Waals surface area contributed by atoms with E-state index in [0.29, 0.717) is 25.2 Å². The fourth-order valence-corrected chi connectivity index (χ4v) is 2.61. The van der Waals surface area contributed by atoms with Crippen molar-refractivity contribution in [2.45, 2.75) is 20.3 Å². The quantitative estimate of drug-likeness (QED) is 0.711. The Morgan fingerprint density at radius 2 is 2.14 bits per heavy atom. The summed E-state index contributed by atoms with van der Waals surface area (Å²) in [4.78, 5) is 25.4. The number of carbonyl (C=O) groups excluding carboxylic acids is 2. The second-order valence-electron chi connectivity index (χ2n) is 6.01. The van der Waals surface area contributed by atoms with Gasteiger partial charge in [-0.05, 0) is 50.6 Å². The van der Waals surface area contributed by atoms with E-state index in [9.17, 15) is 9.59 Å². The van der Waals surface area contributed by atoms with Gasteiger partial charge in [-0.3, -0.25) is 14.5 Å². The molecule has 1 aliphatic heterocycles. The number of benzene rings is 1. The molecule has 0 radical (unpaired) electrons. The lowest BCUT2D eigenvalue weighted by molar-refractivity contribution is -0.126. The number of anilines is 2. The largest absolute Gasteiger partial charge is 0.399 e. The van der Waals surface area contributed by atoms with Gasteiger partial charge in [-0.25, -0.2) is 0 Å². The summed E-state index contributed by atoms with van der Waals surface area (Å²) in [5.41, 5.74) is 12.9. The van der Waals surface area contributed by atoms with E-state index in [1.54, 1.807) is 12.1 Å². The van der Waals surface area contributed by atoms with Crippen LogP contribution in [-0.2, 0) is 9.59 Å². The molecule has 6 heteroatoms. The van der Waals surface area contributed by atoms with Crippen LogP contribution < -0.4 is 16.8 Å². The van der Waals surface area contributed by atoms with E-state index in [-0.39, 0.29) is 18.4 Å². The maximum absolute atomic E-state index is 12.1. The summed E-state index contributed by atoms with van der Waals surface area (Å²) in [5.74, 6) is -0.406. The topological polar surface area (TPSA) is 101 Å². The van der Waals surface area contributed by atoms with E-state index in [4.69, 9.17) is 11.5 Å². The molecule has 1 heterocycles. The molecular formula is C15H22N4O2. The van der Waals surface area contributed by atoms with Gasteiger partial charge in [0.2, 0.25) is 11.8 Å². The van der Waals surface area contributed by atoms with Gasteiger partial charge in [-0.2, -0.15) is 0 Å². The third-order valence-electron chi connectivity index (χ3n) is 4.04. The molecule has 2 amide bonds. The van der Waals surface area contributed by atoms with Crippen LogP contribution in [0.4, 0.5) is 11.4 Å². The normalized spacial score (nSPS) is 22.2. The van der Waals surface area contributed by atoms with Crippen molar-refractivity contribution < 1.29 is 9.59 Å². The number of nitrogens with two attached hydrogens (primary N) is 2. The van der Waals surface area contributed by atoms with Crippen molar-refractivity contribution in [3.8, 4) is 0 Å². The Balaban J connectivity index is 1.93. The van der Waals surface area contributed by atoms with Crippen LogP contribution in [0, 0.1) is 12.3 Å². The zero-order valence-corrected chi connectivity index (χ0v) is 12.5. The summed E-state index contributed by atoms with van der Waals surface area (Å²) in [7, 11) is 0. The standard InChI is InChI=1S/C15H22N4O2/c1-10-7-11(16)3-4-12(10)18-13(20)8-19-6-5-15(2,9-19)14(17)21/h3-4,7H,5-6,8-9,16H2,1-2H3,(H2,17,21)(H,18,20). The second-order valence-corrected chi connectivity index (χ2v) is 6.01. The predicted octanol–water partition coefficient (Wildman–Crippen LogP) is 0.713. The Bertz CT molecular complexity index is 573. The van der Waals surface area contributed by atoms with Gasteiger partial charge in [-0.1, -0.05) is 0 Å². The van der Waals surface area contributed by atoms with E-state index in [0.717, 1.165) is 11.3 Å². The van der Waals surface area contributed by atoms with Gasteiger partial charge in [0.25, 0.3) is 0 Å². The molecule has 1 aromatic carbocycles. The predicted molar refractivity (Wildman–Crippen MR) is 82.6 cm³/mol. The number of likely N-dealkylation sites (tertiary alicyclic amines) is 1. The molecule has 1 saturated heterocycles. The fraction of sp³-hybridized carbons (Fsp3) is 0.467. The van der Waals surface area contributed by atoms with Crippen LogP contribution in [0.15, 0.2) is 18.2 Å². The lowest BCUT2D eigenvalue weighted by Crippen LogP contribution is -2.39. The van der Waals surface area contributed by atoms with Crippen LogP contribution in [0.1, 0.15) is 18.9 Å². The molecule has 114 valence electrons. The molecule has 1 unspecified atom stereocenters. The first-order valence-electron chi connectivity index (χ1n) is 6.98. The number of amides is 2. The van der Waals surface area contributed by atoms with Crippen LogP contribution in [0.2, 0.25) is 0 Å². The molecule has 6 nitrogen and oxygen atoms in total. The monoisotopic (exact) mass is 290 g/mol. The second kappa shape index (κ2) is 5.73. The van der Waals surface area contributed by atoms with Crippen molar-refractivity contribution in [1.29, 1.82) is 0 Å². The van der Waals surface area contributed by atoms with E-state index in [1.165, 1.54) is 0 Å². The smallest absolute Gasteiger partial charge is 0.238 e. The van der Waals surface area contributed by atoms with Crippen molar-refractivity contribution in [3.63, 3.8) is 0 Å². The minimum Gasteiger partial charge on any atom is -0.399 e. The Hall–Kier alpha value is -2.08. The zero-order valence-electron chi connectivity index (χ0n) is 12.5. The van der Waals surface area contributed by atoms with Crippen LogP contribution >= 0.6 is 0 Å². The molecule has 1 fully saturated rings. The third kappa shape index (κ3) is 3.52. The third-order valence-corrected chi connectivity index (χ3v) is 4.04. The number of primary amides is 1. The molecule has 0 aromatic heterocycles. The molecule has 1 aromatic rings. The van der Waals surface area contributed by atoms with Gasteiger partial charge >= 0.3 is 0 Å². The molecule has 21 heavy (non-hydrogen) atoms. The highest BCUT2D eigenvalue weighted by molar-refractivity contribution is 5.93. The summed E-state index contributed by atoms with van der Waals surface area (Å²) in [5, 5.41) is 2.87. The lowest BCUT2D eigenvalue weighted by atomic mass is 9.89. The number of nitrogens with one attached hydrogen (secondary N) is 1. The molecule has 0 saturated carbocycles. The Labute approximate surface area is 124 Å². The number of rotatable bonds is 4. The summed E-state index contributed by atoms with van der Waals surface area (Å²) in [6.07, 6.45) is 0.691. The zero-order chi connectivity index (χ0) is 15.6. The van der Waals surface area contributed by atoms with Gasteiger partial charge in [0, 0.05) is 17.9 Å². The highest BCUT2D eigenvalue weighted by Crippen LogP contribution is 2.29. The van der Waals surface area contributed by atoms with Crippen LogP contribution in [0.25, 0.3) is 0 Å². The summed E-state index contributed by atoms with van der Waals surface area (Å²) in [6, 6.07) is 5.36. The molecule has 2 rings (SSSR count). The highest BCUT2D eigenvalue weighted by atomic mass is 16.2. The number of nitrogen functional groups attached to an aromatic ring is 1. The van der Waals surface area contributed by atoms with Gasteiger partial charge in [0.05, 0.1) is 12.0 Å². The average molecular weight is 290 g/mol. The Kier molecular flexibility index (Phi) is 4.18. The van der Waals surface area contributed by atoms with E-state index in [2.05, 4.69) is 5.32 Å². The van der Waals surface area contributed by atoms with Crippen molar-refractivity contribution >= 4 is 23.2 Å². The lowest BCUT2D eigenvalue weighted by Gasteiger charge is -2.20. The Morgan fingerprint density at radius 3 is 2.71 bits per heavy atom. The van der Waals surface area contributed by atoms with E-state index < -0.39 is 5.41 Å². The molecule has 0 aliphatic carbocycles. The molecule has 0 bridgehead atoms. The van der Waals surface area contributed by atoms with Gasteiger partial charge in [0.15, 0.2) is 0 Å². The summed E-state index contributed by atoms with van der Waals surface area (Å²) < 4.78 is 0. The van der Waals surface area contributed by atoms with Crippen molar-refractivity contribution in [2.24, 2.45) is 11.1 Å². The average Bonchev–Trinajstić information content (AvgIpc) is 2.76. The van der Waals surface area contributed by atoms with Crippen LogP contribution in [-0.4, -0.2) is 36.3 Å². The minimum absolute atomic E-state index is 0.100. The summed E-state index contributed by atoms with van der Waals surface area (Å²) in [6.45, 7) is 5.22. The maximum Gasteiger partial charge on any atom is 0.238 e. The van der Waals surface area contributed by atoms with Crippen LogP contribution in [0.3, 0.4) is 0 Å². The first-order chi connectivity index (χ1) is 9.80. The molecular weight excluding hydrogens is 268 g/mol. The first-order valence-corrected chi connectivity index (χ1v) is 6.98. The van der Waals surface area contributed by atoms with Crippen LogP contribution in [0.5, 0.6) is 0 Å². The molecule has 1 atom stereocenters. The molecule has 5 N–H and O–H groups in total. The Morgan fingerprint density at radius 1 is 1.43 bits per heavy atom. The number of nitrogens with zero attached hydrogens (tertiary/aromatic N) is 1. The number of carbonyl (C=O) groups is 2. The van der Waals surface area contributed by atoms with Crippen molar-refractivity contribution in [1.82, 2.24) is 4.90 Å². The van der Waals surface area contributed by atoms with Crippen molar-refractivity contribution in [3.05, 3.63) is 23.8 Å². The van der Waals surface area contributed by atoms with Gasteiger partial charge in [0.1, 0.15) is 0 Å². The summed E-state index contributed by atoms with van der Waals surface area (Å²) >= 11 is 0. The SMILES string of the molecule is Cc1cc(N)ccc1NC(=O)CN1CCC(C)(C(N)=O)C1. The van der Waals surface area contributed by atoms with E-state index in [1.807, 2.05) is 24.8 Å². The van der Waals surface area contributed by atoms with E-state index >= 15 is 0 Å². The van der Waals surface area contributed by atoms with Gasteiger partial charge in [-0.15, -0.1) is 0 Å². The van der Waals surface area contributed by atoms with Crippen molar-refractivity contribution in [2.75, 3.05) is 30.7 Å². The molecule has 0 spiro atoms. The minimum atomic E-state index is -0.530. The number of hydrogen-bond donors (Lipinski definition) is 3.